The standard InChI is InChI=1S/C21H22F2N2O3S/c1-29(27,28)24-13-9-10-25(12-13)21(26)17-11-16(17)20-15(6-4-8-19(20)23)14-5-2-3-7-18(14)22/h2-8,13,16-17,24H,9-12H2,1H3/t13-,16+,17+/m0/s1. The van der Waals surface area contributed by atoms with E-state index in [1.807, 2.05) is 0 Å². The lowest BCUT2D eigenvalue weighted by Gasteiger charge is -2.17. The van der Waals surface area contributed by atoms with Crippen molar-refractivity contribution in [3.8, 4) is 11.1 Å². The molecule has 0 unspecified atom stereocenters. The molecule has 1 aliphatic heterocycles. The van der Waals surface area contributed by atoms with E-state index in [0.717, 1.165) is 6.26 Å². The van der Waals surface area contributed by atoms with Crippen LogP contribution >= 0.6 is 0 Å². The summed E-state index contributed by atoms with van der Waals surface area (Å²) in [6.45, 7) is 0.777. The highest BCUT2D eigenvalue weighted by Crippen LogP contribution is 2.52. The van der Waals surface area contributed by atoms with Gasteiger partial charge in [0.2, 0.25) is 15.9 Å². The number of benzene rings is 2. The second kappa shape index (κ2) is 7.50. The molecule has 29 heavy (non-hydrogen) atoms. The van der Waals surface area contributed by atoms with E-state index in [-0.39, 0.29) is 23.8 Å². The molecule has 1 saturated heterocycles. The molecule has 0 bridgehead atoms. The predicted octanol–water partition coefficient (Wildman–Crippen LogP) is 2.89. The first kappa shape index (κ1) is 20.0. The molecule has 0 aromatic heterocycles. The van der Waals surface area contributed by atoms with Crippen molar-refractivity contribution in [3.63, 3.8) is 0 Å². The number of nitrogens with zero attached hydrogens (tertiary/aromatic N) is 1. The lowest BCUT2D eigenvalue weighted by molar-refractivity contribution is -0.131. The van der Waals surface area contributed by atoms with E-state index in [0.29, 0.717) is 42.6 Å². The molecule has 2 fully saturated rings. The van der Waals surface area contributed by atoms with Crippen LogP contribution < -0.4 is 4.72 Å². The Labute approximate surface area is 168 Å². The third-order valence-corrected chi connectivity index (χ3v) is 6.34. The molecule has 4 rings (SSSR count). The molecule has 1 saturated carbocycles. The largest absolute Gasteiger partial charge is 0.341 e. The number of hydrogen-bond donors (Lipinski definition) is 1. The zero-order valence-electron chi connectivity index (χ0n) is 15.9. The van der Waals surface area contributed by atoms with Crippen LogP contribution in [0.2, 0.25) is 0 Å². The Morgan fingerprint density at radius 3 is 2.48 bits per heavy atom. The van der Waals surface area contributed by atoms with Gasteiger partial charge in [0.1, 0.15) is 11.6 Å². The minimum Gasteiger partial charge on any atom is -0.341 e. The van der Waals surface area contributed by atoms with Gasteiger partial charge in [0.05, 0.1) is 6.26 Å². The average Bonchev–Trinajstić information content (AvgIpc) is 3.30. The molecule has 1 aliphatic carbocycles. The van der Waals surface area contributed by atoms with Crippen LogP contribution in [0.1, 0.15) is 24.3 Å². The minimum atomic E-state index is -3.33. The van der Waals surface area contributed by atoms with Crippen molar-refractivity contribution in [1.82, 2.24) is 9.62 Å². The van der Waals surface area contributed by atoms with Gasteiger partial charge in [-0.3, -0.25) is 4.79 Å². The summed E-state index contributed by atoms with van der Waals surface area (Å²) in [7, 11) is -3.33. The van der Waals surface area contributed by atoms with Gasteiger partial charge in [-0.2, -0.15) is 0 Å². The second-order valence-electron chi connectivity index (χ2n) is 7.79. The molecular formula is C21H22F2N2O3S. The fraction of sp³-hybridized carbons (Fsp3) is 0.381. The number of nitrogens with one attached hydrogen (secondary N) is 1. The van der Waals surface area contributed by atoms with E-state index in [1.165, 1.54) is 12.1 Å². The maximum absolute atomic E-state index is 14.7. The Kier molecular flexibility index (Phi) is 5.16. The van der Waals surface area contributed by atoms with Crippen LogP contribution in [-0.4, -0.2) is 44.6 Å². The van der Waals surface area contributed by atoms with Crippen LogP contribution in [-0.2, 0) is 14.8 Å². The number of carbonyl (C=O) groups is 1. The minimum absolute atomic E-state index is 0.101. The van der Waals surface area contributed by atoms with Crippen molar-refractivity contribution in [2.45, 2.75) is 24.8 Å². The topological polar surface area (TPSA) is 66.5 Å². The van der Waals surface area contributed by atoms with Crippen molar-refractivity contribution in [2.24, 2.45) is 5.92 Å². The van der Waals surface area contributed by atoms with Crippen molar-refractivity contribution in [2.75, 3.05) is 19.3 Å². The summed E-state index contributed by atoms with van der Waals surface area (Å²) in [6.07, 6.45) is 2.15. The smallest absolute Gasteiger partial charge is 0.226 e. The van der Waals surface area contributed by atoms with Crippen molar-refractivity contribution in [1.29, 1.82) is 0 Å². The van der Waals surface area contributed by atoms with Gasteiger partial charge in [-0.1, -0.05) is 30.3 Å². The third-order valence-electron chi connectivity index (χ3n) is 5.58. The Bertz CT molecular complexity index is 1060. The molecule has 1 heterocycles. The van der Waals surface area contributed by atoms with Crippen LogP contribution in [0.15, 0.2) is 42.5 Å². The van der Waals surface area contributed by atoms with E-state index in [2.05, 4.69) is 4.72 Å². The van der Waals surface area contributed by atoms with Gasteiger partial charge >= 0.3 is 0 Å². The van der Waals surface area contributed by atoms with Gasteiger partial charge in [0.15, 0.2) is 0 Å². The Morgan fingerprint density at radius 2 is 1.76 bits per heavy atom. The van der Waals surface area contributed by atoms with E-state index in [4.69, 9.17) is 0 Å². The summed E-state index contributed by atoms with van der Waals surface area (Å²) < 4.78 is 54.3. The average molecular weight is 420 g/mol. The quantitative estimate of drug-likeness (QED) is 0.809. The highest BCUT2D eigenvalue weighted by atomic mass is 32.2. The van der Waals surface area contributed by atoms with Crippen LogP contribution in [0.4, 0.5) is 8.78 Å². The van der Waals surface area contributed by atoms with Gasteiger partial charge in [-0.15, -0.1) is 0 Å². The van der Waals surface area contributed by atoms with E-state index in [9.17, 15) is 22.0 Å². The van der Waals surface area contributed by atoms with E-state index in [1.54, 1.807) is 35.2 Å². The highest BCUT2D eigenvalue weighted by molar-refractivity contribution is 7.88. The molecule has 1 amide bonds. The number of amides is 1. The molecule has 0 spiro atoms. The molecular weight excluding hydrogens is 398 g/mol. The van der Waals surface area contributed by atoms with Crippen molar-refractivity contribution < 1.29 is 22.0 Å². The molecule has 2 aliphatic rings. The van der Waals surface area contributed by atoms with Crippen LogP contribution in [0, 0.1) is 17.6 Å². The first-order valence-corrected chi connectivity index (χ1v) is 11.4. The SMILES string of the molecule is CS(=O)(=O)N[C@H]1CCN(C(=O)[C@@H]2C[C@H]2c2c(F)cccc2-c2ccccc2F)C1. The van der Waals surface area contributed by atoms with Crippen LogP contribution in [0.3, 0.4) is 0 Å². The lowest BCUT2D eigenvalue weighted by atomic mass is 9.95. The third kappa shape index (κ3) is 4.18. The molecule has 1 N–H and O–H groups in total. The molecule has 2 aromatic carbocycles. The number of halogens is 2. The van der Waals surface area contributed by atoms with Gasteiger partial charge in [-0.25, -0.2) is 21.9 Å². The Hall–Kier alpha value is -2.32. The van der Waals surface area contributed by atoms with Gasteiger partial charge in [-0.05, 0) is 42.0 Å². The molecule has 3 atom stereocenters. The monoisotopic (exact) mass is 420 g/mol. The summed E-state index contributed by atoms with van der Waals surface area (Å²) in [4.78, 5) is 14.5. The normalized spacial score (nSPS) is 24.0. The van der Waals surface area contributed by atoms with Crippen molar-refractivity contribution in [3.05, 3.63) is 59.7 Å². The second-order valence-corrected chi connectivity index (χ2v) is 9.57. The number of sulfonamides is 1. The van der Waals surface area contributed by atoms with Gasteiger partial charge < -0.3 is 4.90 Å². The number of likely N-dealkylation sites (tertiary alicyclic amines) is 1. The maximum Gasteiger partial charge on any atom is 0.226 e. The Morgan fingerprint density at radius 1 is 1.07 bits per heavy atom. The van der Waals surface area contributed by atoms with Gasteiger partial charge in [0.25, 0.3) is 0 Å². The summed E-state index contributed by atoms with van der Waals surface area (Å²) in [6, 6.07) is 10.5. The molecule has 154 valence electrons. The summed E-state index contributed by atoms with van der Waals surface area (Å²) in [5.41, 5.74) is 1.17. The van der Waals surface area contributed by atoms with Crippen LogP contribution in [0.5, 0.6) is 0 Å². The lowest BCUT2D eigenvalue weighted by Crippen LogP contribution is -2.38. The summed E-state index contributed by atoms with van der Waals surface area (Å²) >= 11 is 0. The van der Waals surface area contributed by atoms with Gasteiger partial charge in [0, 0.05) is 30.6 Å². The van der Waals surface area contributed by atoms with E-state index >= 15 is 0 Å². The zero-order valence-corrected chi connectivity index (χ0v) is 16.8. The first-order valence-electron chi connectivity index (χ1n) is 9.54. The van der Waals surface area contributed by atoms with Crippen LogP contribution in [0.25, 0.3) is 11.1 Å². The van der Waals surface area contributed by atoms with Crippen molar-refractivity contribution >= 4 is 15.9 Å². The summed E-state index contributed by atoms with van der Waals surface area (Å²) in [5, 5.41) is 0. The predicted molar refractivity (Wildman–Crippen MR) is 106 cm³/mol. The molecule has 8 heteroatoms. The molecule has 0 radical (unpaired) electrons. The fourth-order valence-electron chi connectivity index (χ4n) is 4.21. The first-order chi connectivity index (χ1) is 13.7. The summed E-state index contributed by atoms with van der Waals surface area (Å²) in [5.74, 6) is -1.65. The maximum atomic E-state index is 14.7. The number of hydrogen-bond acceptors (Lipinski definition) is 3. The van der Waals surface area contributed by atoms with E-state index < -0.39 is 21.7 Å². The number of rotatable bonds is 5. The Balaban J connectivity index is 1.53. The highest BCUT2D eigenvalue weighted by Gasteiger charge is 2.49. The molecule has 2 aromatic rings. The fourth-order valence-corrected chi connectivity index (χ4v) is 5.01. The zero-order chi connectivity index (χ0) is 20.8. The number of carbonyl (C=O) groups excluding carboxylic acids is 1. The molecule has 5 nitrogen and oxygen atoms in total.